The molecule has 1 aliphatic heterocycles. The minimum atomic E-state index is -0.279. The SMILES string of the molecule is COC(=O)CCCOc1cc2c(cc1OC)c(=O)n1n2CCCC1CO. The van der Waals surface area contributed by atoms with Crippen LogP contribution in [0.1, 0.15) is 31.7 Å². The van der Waals surface area contributed by atoms with E-state index >= 15 is 0 Å². The van der Waals surface area contributed by atoms with Gasteiger partial charge in [-0.15, -0.1) is 0 Å². The minimum absolute atomic E-state index is 0.0652. The zero-order valence-electron chi connectivity index (χ0n) is 15.1. The topological polar surface area (TPSA) is 91.9 Å². The van der Waals surface area contributed by atoms with Crippen LogP contribution in [0.3, 0.4) is 0 Å². The maximum absolute atomic E-state index is 12.8. The lowest BCUT2D eigenvalue weighted by Crippen LogP contribution is -2.33. The van der Waals surface area contributed by atoms with Crippen molar-refractivity contribution in [2.75, 3.05) is 27.4 Å². The lowest BCUT2D eigenvalue weighted by Gasteiger charge is -2.25. The van der Waals surface area contributed by atoms with Crippen molar-refractivity contribution >= 4 is 16.9 Å². The van der Waals surface area contributed by atoms with Crippen molar-refractivity contribution in [1.29, 1.82) is 0 Å². The number of fused-ring (bicyclic) bond motifs is 3. The first-order valence-corrected chi connectivity index (χ1v) is 8.74. The smallest absolute Gasteiger partial charge is 0.305 e. The zero-order chi connectivity index (χ0) is 18.7. The van der Waals surface area contributed by atoms with Crippen molar-refractivity contribution in [3.8, 4) is 11.5 Å². The van der Waals surface area contributed by atoms with Crippen molar-refractivity contribution in [2.45, 2.75) is 38.3 Å². The van der Waals surface area contributed by atoms with Gasteiger partial charge in [-0.05, 0) is 25.3 Å². The van der Waals surface area contributed by atoms with E-state index in [9.17, 15) is 14.7 Å². The number of carbonyl (C=O) groups excluding carboxylic acids is 1. The van der Waals surface area contributed by atoms with Crippen molar-refractivity contribution in [1.82, 2.24) is 9.36 Å². The Hall–Kier alpha value is -2.48. The van der Waals surface area contributed by atoms with E-state index in [1.807, 2.05) is 4.68 Å². The Morgan fingerprint density at radius 3 is 2.81 bits per heavy atom. The van der Waals surface area contributed by atoms with Crippen molar-refractivity contribution in [3.05, 3.63) is 22.5 Å². The molecule has 0 fully saturated rings. The Morgan fingerprint density at radius 2 is 2.12 bits per heavy atom. The van der Waals surface area contributed by atoms with E-state index in [0.717, 1.165) is 18.4 Å². The number of esters is 1. The minimum Gasteiger partial charge on any atom is -0.493 e. The van der Waals surface area contributed by atoms with Crippen LogP contribution in [0, 0.1) is 0 Å². The van der Waals surface area contributed by atoms with Gasteiger partial charge in [0.2, 0.25) is 0 Å². The average Bonchev–Trinajstić information content (AvgIpc) is 2.96. The summed E-state index contributed by atoms with van der Waals surface area (Å²) in [6.45, 7) is 0.981. The number of hydrogen-bond donors (Lipinski definition) is 1. The normalized spacial score (nSPS) is 16.3. The van der Waals surface area contributed by atoms with E-state index < -0.39 is 0 Å². The van der Waals surface area contributed by atoms with E-state index in [4.69, 9.17) is 9.47 Å². The highest BCUT2D eigenvalue weighted by atomic mass is 16.5. The molecule has 0 amide bonds. The van der Waals surface area contributed by atoms with Crippen molar-refractivity contribution in [3.63, 3.8) is 0 Å². The number of aromatic nitrogens is 2. The number of aliphatic hydroxyl groups excluding tert-OH is 1. The van der Waals surface area contributed by atoms with Gasteiger partial charge in [-0.25, -0.2) is 4.68 Å². The average molecular weight is 364 g/mol. The molecule has 1 unspecified atom stereocenters. The lowest BCUT2D eigenvalue weighted by atomic mass is 10.1. The van der Waals surface area contributed by atoms with E-state index in [-0.39, 0.29) is 30.6 Å². The fraction of sp³-hybridized carbons (Fsp3) is 0.556. The second-order valence-corrected chi connectivity index (χ2v) is 6.30. The third kappa shape index (κ3) is 3.29. The Morgan fingerprint density at radius 1 is 1.31 bits per heavy atom. The number of carbonyl (C=O) groups is 1. The molecule has 1 aromatic carbocycles. The number of ether oxygens (including phenoxy) is 3. The highest BCUT2D eigenvalue weighted by Crippen LogP contribution is 2.33. The van der Waals surface area contributed by atoms with Crippen molar-refractivity contribution < 1.29 is 24.1 Å². The number of hydrogen-bond acceptors (Lipinski definition) is 6. The molecular formula is C18H24N2O6. The summed E-state index contributed by atoms with van der Waals surface area (Å²) in [5, 5.41) is 10.1. The molecule has 1 aromatic heterocycles. The van der Waals surface area contributed by atoms with Crippen LogP contribution < -0.4 is 15.0 Å². The summed E-state index contributed by atoms with van der Waals surface area (Å²) >= 11 is 0. The summed E-state index contributed by atoms with van der Waals surface area (Å²) in [6, 6.07) is 3.27. The highest BCUT2D eigenvalue weighted by Gasteiger charge is 2.25. The monoisotopic (exact) mass is 364 g/mol. The molecule has 1 atom stereocenters. The number of rotatable bonds is 7. The molecule has 2 aromatic rings. The fourth-order valence-corrected chi connectivity index (χ4v) is 3.41. The highest BCUT2D eigenvalue weighted by molar-refractivity contribution is 5.83. The quantitative estimate of drug-likeness (QED) is 0.591. The van der Waals surface area contributed by atoms with Crippen molar-refractivity contribution in [2.24, 2.45) is 0 Å². The third-order valence-corrected chi connectivity index (χ3v) is 4.73. The van der Waals surface area contributed by atoms with Gasteiger partial charge in [0.1, 0.15) is 0 Å². The first-order chi connectivity index (χ1) is 12.6. The Labute approximate surface area is 150 Å². The predicted octanol–water partition coefficient (Wildman–Crippen LogP) is 1.47. The lowest BCUT2D eigenvalue weighted by molar-refractivity contribution is -0.140. The van der Waals surface area contributed by atoms with Crippen LogP contribution >= 0.6 is 0 Å². The second kappa shape index (κ2) is 7.82. The first kappa shape index (κ1) is 18.3. The van der Waals surface area contributed by atoms with Gasteiger partial charge in [-0.1, -0.05) is 0 Å². The van der Waals surface area contributed by atoms with E-state index in [0.29, 0.717) is 36.5 Å². The molecule has 0 radical (unpaired) electrons. The van der Waals surface area contributed by atoms with Gasteiger partial charge in [-0.2, -0.15) is 0 Å². The third-order valence-electron chi connectivity index (χ3n) is 4.73. The summed E-state index contributed by atoms with van der Waals surface area (Å²) < 4.78 is 19.3. The molecule has 142 valence electrons. The molecule has 3 rings (SSSR count). The van der Waals surface area contributed by atoms with E-state index in [1.165, 1.54) is 14.2 Å². The van der Waals surface area contributed by atoms with Crippen LogP contribution in [0.4, 0.5) is 0 Å². The summed E-state index contributed by atoms with van der Waals surface area (Å²) in [4.78, 5) is 24.0. The Bertz CT molecular complexity index is 853. The number of aryl methyl sites for hydroxylation is 1. The van der Waals surface area contributed by atoms with Gasteiger partial charge >= 0.3 is 5.97 Å². The summed E-state index contributed by atoms with van der Waals surface area (Å²) in [5.74, 6) is 0.716. The predicted molar refractivity (Wildman–Crippen MR) is 94.9 cm³/mol. The number of benzene rings is 1. The number of methoxy groups -OCH3 is 2. The molecule has 8 nitrogen and oxygen atoms in total. The van der Waals surface area contributed by atoms with Crippen LogP contribution in [0.5, 0.6) is 11.5 Å². The van der Waals surface area contributed by atoms with Crippen LogP contribution in [0.15, 0.2) is 16.9 Å². The molecule has 0 saturated carbocycles. The molecule has 26 heavy (non-hydrogen) atoms. The Kier molecular flexibility index (Phi) is 5.51. The van der Waals surface area contributed by atoms with Crippen LogP contribution in [0.25, 0.3) is 10.9 Å². The maximum atomic E-state index is 12.8. The largest absolute Gasteiger partial charge is 0.493 e. The molecule has 8 heteroatoms. The molecule has 2 heterocycles. The summed E-state index contributed by atoms with van der Waals surface area (Å²) in [5.41, 5.74) is 0.631. The van der Waals surface area contributed by atoms with Gasteiger partial charge in [0.15, 0.2) is 11.5 Å². The first-order valence-electron chi connectivity index (χ1n) is 8.74. The van der Waals surface area contributed by atoms with Gasteiger partial charge < -0.3 is 19.3 Å². The molecular weight excluding hydrogens is 340 g/mol. The maximum Gasteiger partial charge on any atom is 0.305 e. The fourth-order valence-electron chi connectivity index (χ4n) is 3.41. The standard InChI is InChI=1S/C18H24N2O6/c1-24-15-9-13-14(10-16(15)26-8-4-6-17(22)25-2)19-7-3-5-12(11-21)20(19)18(13)23/h9-10,12,21H,3-8,11H2,1-2H3. The summed E-state index contributed by atoms with van der Waals surface area (Å²) in [7, 11) is 2.88. The molecule has 0 aliphatic carbocycles. The second-order valence-electron chi connectivity index (χ2n) is 6.30. The van der Waals surface area contributed by atoms with Gasteiger partial charge in [0.25, 0.3) is 5.56 Å². The molecule has 0 saturated heterocycles. The van der Waals surface area contributed by atoms with E-state index in [2.05, 4.69) is 4.74 Å². The summed E-state index contributed by atoms with van der Waals surface area (Å²) in [6.07, 6.45) is 2.48. The number of nitrogens with zero attached hydrogens (tertiary/aromatic N) is 2. The number of aliphatic hydroxyl groups is 1. The van der Waals surface area contributed by atoms with E-state index in [1.54, 1.807) is 16.8 Å². The van der Waals surface area contributed by atoms with Gasteiger partial charge in [0.05, 0.1) is 44.4 Å². The van der Waals surface area contributed by atoms with Crippen LogP contribution in [-0.2, 0) is 16.1 Å². The Balaban J connectivity index is 1.92. The molecule has 0 spiro atoms. The van der Waals surface area contributed by atoms with Gasteiger partial charge in [-0.3, -0.25) is 14.3 Å². The van der Waals surface area contributed by atoms with Gasteiger partial charge in [0, 0.05) is 19.0 Å². The molecule has 1 N–H and O–H groups in total. The molecule has 0 bridgehead atoms. The molecule has 1 aliphatic rings. The van der Waals surface area contributed by atoms with Crippen LogP contribution in [0.2, 0.25) is 0 Å². The van der Waals surface area contributed by atoms with Crippen LogP contribution in [-0.4, -0.2) is 47.9 Å². The zero-order valence-corrected chi connectivity index (χ0v) is 15.1.